The van der Waals surface area contributed by atoms with Crippen LogP contribution in [-0.4, -0.2) is 22.1 Å². The number of ether oxygens (including phenoxy) is 2. The van der Waals surface area contributed by atoms with E-state index < -0.39 is 9.84 Å². The van der Waals surface area contributed by atoms with Crippen LogP contribution in [0.15, 0.2) is 44.5 Å². The van der Waals surface area contributed by atoms with E-state index in [0.717, 1.165) is 40.8 Å². The molecular weight excluding hydrogens is 366 g/mol. The minimum absolute atomic E-state index is 0.208. The van der Waals surface area contributed by atoms with Crippen molar-refractivity contribution >= 4 is 20.8 Å². The molecule has 3 heterocycles. The summed E-state index contributed by atoms with van der Waals surface area (Å²) in [7, 11) is -2.16. The summed E-state index contributed by atoms with van der Waals surface area (Å²) in [6.07, 6.45) is 0.778. The Balaban J connectivity index is 1.70. The van der Waals surface area contributed by atoms with E-state index in [1.54, 1.807) is 24.3 Å². The van der Waals surface area contributed by atoms with Gasteiger partial charge in [-0.15, -0.1) is 0 Å². The molecule has 2 aliphatic heterocycles. The van der Waals surface area contributed by atoms with Gasteiger partial charge in [0.05, 0.1) is 30.1 Å². The highest BCUT2D eigenvalue weighted by Crippen LogP contribution is 2.38. The highest BCUT2D eigenvalue weighted by Gasteiger charge is 2.26. The molecule has 2 aromatic carbocycles. The molecular formula is C20H19NO5S. The lowest BCUT2D eigenvalue weighted by Gasteiger charge is -2.11. The minimum Gasteiger partial charge on any atom is -0.493 e. The molecule has 0 aliphatic carbocycles. The van der Waals surface area contributed by atoms with Gasteiger partial charge in [-0.25, -0.2) is 8.42 Å². The Morgan fingerprint density at radius 2 is 1.93 bits per heavy atom. The lowest BCUT2D eigenvalue weighted by atomic mass is 10.1. The van der Waals surface area contributed by atoms with Gasteiger partial charge >= 0.3 is 0 Å². The molecule has 3 aromatic rings. The molecule has 0 fully saturated rings. The summed E-state index contributed by atoms with van der Waals surface area (Å²) in [6.45, 7) is 2.48. The predicted molar refractivity (Wildman–Crippen MR) is 98.6 cm³/mol. The second kappa shape index (κ2) is 6.09. The maximum absolute atomic E-state index is 13.3. The first kappa shape index (κ1) is 16.8. The van der Waals surface area contributed by atoms with Gasteiger partial charge in [0.15, 0.2) is 11.3 Å². The van der Waals surface area contributed by atoms with Crippen LogP contribution >= 0.6 is 0 Å². The van der Waals surface area contributed by atoms with E-state index in [1.165, 1.54) is 7.11 Å². The molecule has 1 N–H and O–H groups in total. The van der Waals surface area contributed by atoms with Gasteiger partial charge in [0.1, 0.15) is 5.76 Å². The molecule has 0 amide bonds. The quantitative estimate of drug-likeness (QED) is 0.747. The molecule has 27 heavy (non-hydrogen) atoms. The van der Waals surface area contributed by atoms with Crippen molar-refractivity contribution in [1.82, 2.24) is 5.32 Å². The molecule has 140 valence electrons. The molecule has 6 nitrogen and oxygen atoms in total. The molecule has 0 saturated carbocycles. The SMILES string of the molecule is COc1cc(S(=O)(=O)c2ccc3c(c2)COC3)cc2c3c(oc12)CCNC3. The molecule has 0 radical (unpaired) electrons. The monoisotopic (exact) mass is 385 g/mol. The third-order valence-corrected chi connectivity index (χ3v) is 7.01. The number of methoxy groups -OCH3 is 1. The van der Waals surface area contributed by atoms with Crippen LogP contribution in [-0.2, 0) is 40.8 Å². The van der Waals surface area contributed by atoms with Crippen LogP contribution in [0.3, 0.4) is 0 Å². The first-order chi connectivity index (χ1) is 13.1. The molecule has 0 unspecified atom stereocenters. The van der Waals surface area contributed by atoms with Crippen LogP contribution in [0.1, 0.15) is 22.5 Å². The molecule has 0 saturated heterocycles. The average Bonchev–Trinajstić information content (AvgIpc) is 3.30. The van der Waals surface area contributed by atoms with Crippen molar-refractivity contribution in [2.45, 2.75) is 36.0 Å². The standard InChI is InChI=1S/C20H19NO5S/c1-24-19-8-15(7-16-17-9-21-5-4-18(17)26-20(16)19)27(22,23)14-3-2-12-10-25-11-13(12)6-14/h2-3,6-8,21H,4-5,9-11H2,1H3. The number of fused-ring (bicyclic) bond motifs is 4. The highest BCUT2D eigenvalue weighted by atomic mass is 32.2. The van der Waals surface area contributed by atoms with E-state index in [2.05, 4.69) is 5.32 Å². The summed E-state index contributed by atoms with van der Waals surface area (Å²) < 4.78 is 43.4. The maximum Gasteiger partial charge on any atom is 0.206 e. The summed E-state index contributed by atoms with van der Waals surface area (Å²) in [6, 6.07) is 8.43. The van der Waals surface area contributed by atoms with Crippen LogP contribution in [0.2, 0.25) is 0 Å². The van der Waals surface area contributed by atoms with Crippen LogP contribution in [0.5, 0.6) is 5.75 Å². The van der Waals surface area contributed by atoms with Gasteiger partial charge < -0.3 is 19.2 Å². The van der Waals surface area contributed by atoms with Crippen molar-refractivity contribution in [3.8, 4) is 5.75 Å². The maximum atomic E-state index is 13.3. The van der Waals surface area contributed by atoms with E-state index in [9.17, 15) is 8.42 Å². The van der Waals surface area contributed by atoms with Gasteiger partial charge in [-0.3, -0.25) is 0 Å². The van der Waals surface area contributed by atoms with Crippen LogP contribution in [0.4, 0.5) is 0 Å². The van der Waals surface area contributed by atoms with Crippen molar-refractivity contribution in [1.29, 1.82) is 0 Å². The fourth-order valence-corrected chi connectivity index (χ4v) is 5.16. The Bertz CT molecular complexity index is 1160. The molecule has 7 heteroatoms. The fourth-order valence-electron chi connectivity index (χ4n) is 3.81. The van der Waals surface area contributed by atoms with Gasteiger partial charge in [-0.1, -0.05) is 6.07 Å². The van der Waals surface area contributed by atoms with Gasteiger partial charge in [-0.2, -0.15) is 0 Å². The number of benzene rings is 2. The van der Waals surface area contributed by atoms with Crippen LogP contribution in [0, 0.1) is 0 Å². The summed E-state index contributed by atoms with van der Waals surface area (Å²) in [5, 5.41) is 4.10. The van der Waals surface area contributed by atoms with E-state index in [0.29, 0.717) is 31.1 Å². The summed E-state index contributed by atoms with van der Waals surface area (Å²) >= 11 is 0. The summed E-state index contributed by atoms with van der Waals surface area (Å²) in [4.78, 5) is 0.475. The first-order valence-electron chi connectivity index (χ1n) is 8.85. The molecule has 0 bridgehead atoms. The van der Waals surface area contributed by atoms with E-state index in [4.69, 9.17) is 13.9 Å². The van der Waals surface area contributed by atoms with Crippen LogP contribution < -0.4 is 10.1 Å². The van der Waals surface area contributed by atoms with Crippen molar-refractivity contribution in [2.75, 3.05) is 13.7 Å². The number of nitrogens with one attached hydrogen (secondary N) is 1. The number of hydrogen-bond acceptors (Lipinski definition) is 6. The van der Waals surface area contributed by atoms with Gasteiger partial charge in [-0.05, 0) is 29.3 Å². The van der Waals surface area contributed by atoms with Crippen molar-refractivity contribution in [3.05, 3.63) is 52.8 Å². The van der Waals surface area contributed by atoms with E-state index in [-0.39, 0.29) is 9.79 Å². The normalized spacial score (nSPS) is 16.3. The third-order valence-electron chi connectivity index (χ3n) is 5.28. The van der Waals surface area contributed by atoms with Gasteiger partial charge in [0.25, 0.3) is 0 Å². The van der Waals surface area contributed by atoms with Crippen LogP contribution in [0.25, 0.3) is 11.0 Å². The fraction of sp³-hybridized carbons (Fsp3) is 0.300. The molecule has 0 atom stereocenters. The Labute approximate surface area is 157 Å². The average molecular weight is 385 g/mol. The zero-order valence-corrected chi connectivity index (χ0v) is 15.7. The Morgan fingerprint density at radius 3 is 2.78 bits per heavy atom. The molecule has 1 aromatic heterocycles. The lowest BCUT2D eigenvalue weighted by molar-refractivity contribution is 0.134. The zero-order valence-electron chi connectivity index (χ0n) is 14.9. The molecule has 0 spiro atoms. The second-order valence-corrected chi connectivity index (χ2v) is 8.81. The zero-order chi connectivity index (χ0) is 18.6. The predicted octanol–water partition coefficient (Wildman–Crippen LogP) is 2.95. The van der Waals surface area contributed by atoms with E-state index in [1.807, 2.05) is 6.07 Å². The Morgan fingerprint density at radius 1 is 1.07 bits per heavy atom. The van der Waals surface area contributed by atoms with Gasteiger partial charge in [0, 0.05) is 36.5 Å². The topological polar surface area (TPSA) is 77.8 Å². The highest BCUT2D eigenvalue weighted by molar-refractivity contribution is 7.91. The Kier molecular flexibility index (Phi) is 3.79. The van der Waals surface area contributed by atoms with Crippen molar-refractivity contribution in [2.24, 2.45) is 0 Å². The first-order valence-corrected chi connectivity index (χ1v) is 10.3. The lowest BCUT2D eigenvalue weighted by Crippen LogP contribution is -2.22. The largest absolute Gasteiger partial charge is 0.493 e. The number of hydrogen-bond donors (Lipinski definition) is 1. The Hall–Kier alpha value is -2.35. The van der Waals surface area contributed by atoms with Crippen molar-refractivity contribution in [3.63, 3.8) is 0 Å². The summed E-state index contributed by atoms with van der Waals surface area (Å²) in [5.74, 6) is 1.33. The van der Waals surface area contributed by atoms with E-state index >= 15 is 0 Å². The van der Waals surface area contributed by atoms with Gasteiger partial charge in [0.2, 0.25) is 9.84 Å². The molecule has 5 rings (SSSR count). The smallest absolute Gasteiger partial charge is 0.206 e. The second-order valence-electron chi connectivity index (χ2n) is 6.86. The number of sulfone groups is 1. The molecule has 2 aliphatic rings. The van der Waals surface area contributed by atoms with Crippen molar-refractivity contribution < 1.29 is 22.3 Å². The number of rotatable bonds is 3. The number of furan rings is 1. The minimum atomic E-state index is -3.69. The summed E-state index contributed by atoms with van der Waals surface area (Å²) in [5.41, 5.74) is 3.58. The third kappa shape index (κ3) is 2.57.